The number of hydrogen-bond donors (Lipinski definition) is 5. The molecule has 2 aromatic carbocycles. The van der Waals surface area contributed by atoms with Gasteiger partial charge in [0.05, 0.1) is 23.9 Å². The largest absolute Gasteiger partial charge is 0.524 e. The Bertz CT molecular complexity index is 2600. The number of esters is 1. The van der Waals surface area contributed by atoms with E-state index >= 15 is 4.79 Å². The number of pyridine rings is 1. The molecule has 406 valence electrons. The molecule has 0 radical (unpaired) electrons. The van der Waals surface area contributed by atoms with E-state index < -0.39 is 67.2 Å². The van der Waals surface area contributed by atoms with Gasteiger partial charge in [-0.1, -0.05) is 94.0 Å². The summed E-state index contributed by atoms with van der Waals surface area (Å²) in [6, 6.07) is 18.3. The van der Waals surface area contributed by atoms with Crippen molar-refractivity contribution in [3.05, 3.63) is 119 Å². The lowest BCUT2D eigenvalue weighted by Crippen LogP contribution is -2.63. The van der Waals surface area contributed by atoms with Crippen LogP contribution in [0.2, 0.25) is 0 Å². The number of ketones is 2. The smallest absolute Gasteiger partial charge is 0.454 e. The molecule has 15 nitrogen and oxygen atoms in total. The molecule has 5 fully saturated rings. The SMILES string of the molecule is C[C@]12C=CC(=O)C=C1CC[C@@H]1[C@@H]2[C@@H](O)C[C@@]2(C)[C@H]1C[C@H]1O[C@@H](C3CCCCC3)O[C@]12C(=O)COC(=O)c1ccc[n+](Cc2cc(C(O)CNCCCCCCOCCCCc3ccccc3)ccc2OP(=O)(O)O)c1. The number of aliphatic hydroxyl groups is 2. The summed E-state index contributed by atoms with van der Waals surface area (Å²) < 4.78 is 44.4. The predicted molar refractivity (Wildman–Crippen MR) is 279 cm³/mol. The summed E-state index contributed by atoms with van der Waals surface area (Å²) in [5.74, 6) is -1.29. The maximum absolute atomic E-state index is 15.1. The van der Waals surface area contributed by atoms with Gasteiger partial charge in [0, 0.05) is 48.5 Å². The topological polar surface area (TPSA) is 211 Å². The van der Waals surface area contributed by atoms with Gasteiger partial charge < -0.3 is 39.0 Å². The molecule has 75 heavy (non-hydrogen) atoms. The minimum Gasteiger partial charge on any atom is -0.454 e. The summed E-state index contributed by atoms with van der Waals surface area (Å²) in [6.07, 6.45) is 20.3. The number of allylic oxidation sites excluding steroid dienone is 4. The fourth-order valence-electron chi connectivity index (χ4n) is 14.1. The zero-order chi connectivity index (χ0) is 52.8. The van der Waals surface area contributed by atoms with Crippen LogP contribution in [0, 0.1) is 34.5 Å². The van der Waals surface area contributed by atoms with Crippen LogP contribution in [0.4, 0.5) is 0 Å². The summed E-state index contributed by atoms with van der Waals surface area (Å²) in [5, 5.41) is 26.7. The molecule has 1 aromatic heterocycles. The number of carbonyl (C=O) groups excluding carboxylic acids is 3. The molecular weight excluding hydrogens is 976 g/mol. The Morgan fingerprint density at radius 3 is 2.51 bits per heavy atom. The summed E-state index contributed by atoms with van der Waals surface area (Å²) in [7, 11) is -4.97. The standard InChI is InChI=1S/C59H77N2O13P/c1-57-27-26-46(62)33-45(57)23-24-47-48-34-53-59(58(48,2)35-49(63)54(47)57,73-56(72-53)41-19-9-6-10-20-41)52(65)39-71-55(66)43-21-15-29-61(37-43)38-44-32-42(22-25-51(44)74-75(67,68)69)50(64)36-60-28-12-3-4-13-30-70-31-14-11-18-40-16-7-5-8-17-40/h5,7-8,15-17,21-22,25-27,29,32-33,37,41,47-50,53-54,56,60,63-64H,3-4,6,9-14,18-20,23-24,28,30-31,34-36,38-39H2,1-2H3,(H-,67,68,69)/p+1/t47-,48-,49-,50?,53+,54+,56+,57-,58-,59+/m0/s1. The van der Waals surface area contributed by atoms with Crippen LogP contribution in [0.5, 0.6) is 5.75 Å². The lowest BCUT2D eigenvalue weighted by atomic mass is 9.46. The van der Waals surface area contributed by atoms with E-state index in [1.165, 1.54) is 17.8 Å². The molecule has 1 aliphatic heterocycles. The number of aryl methyl sites for hydroxylation is 1. The monoisotopic (exact) mass is 1050 g/mol. The highest BCUT2D eigenvalue weighted by Crippen LogP contribution is 2.70. The van der Waals surface area contributed by atoms with Crippen LogP contribution < -0.4 is 14.4 Å². The molecule has 1 unspecified atom stereocenters. The molecule has 0 bridgehead atoms. The van der Waals surface area contributed by atoms with Gasteiger partial charge in [-0.25, -0.2) is 9.36 Å². The first-order valence-electron chi connectivity index (χ1n) is 27.6. The van der Waals surface area contributed by atoms with Crippen LogP contribution in [-0.4, -0.2) is 94.5 Å². The van der Waals surface area contributed by atoms with Crippen molar-refractivity contribution >= 4 is 25.4 Å². The van der Waals surface area contributed by atoms with E-state index in [2.05, 4.69) is 43.4 Å². The van der Waals surface area contributed by atoms with Crippen LogP contribution in [-0.2, 0) is 46.1 Å². The van der Waals surface area contributed by atoms with Gasteiger partial charge in [0.25, 0.3) is 0 Å². The average molecular weight is 1050 g/mol. The predicted octanol–water partition coefficient (Wildman–Crippen LogP) is 8.39. The van der Waals surface area contributed by atoms with Crippen LogP contribution in [0.25, 0.3) is 0 Å². The number of fused-ring (bicyclic) bond motifs is 7. The molecular formula is C59H78N2O13P+. The van der Waals surface area contributed by atoms with Crippen molar-refractivity contribution in [2.24, 2.45) is 34.5 Å². The number of carbonyl (C=O) groups is 3. The Hall–Kier alpha value is -4.41. The van der Waals surface area contributed by atoms with E-state index in [4.69, 9.17) is 23.5 Å². The Balaban J connectivity index is 0.808. The number of aliphatic hydroxyl groups excluding tert-OH is 2. The molecule has 1 saturated heterocycles. The average Bonchev–Trinajstić information content (AvgIpc) is 3.94. The third kappa shape index (κ3) is 12.3. The molecule has 2 heterocycles. The number of benzene rings is 2. The number of phosphoric ester groups is 1. The van der Waals surface area contributed by atoms with E-state index in [0.717, 1.165) is 109 Å². The number of Topliss-reactive ketones (excluding diaryl/α,β-unsaturated/α-hetero) is 1. The number of nitrogens with zero attached hydrogens (tertiary/aromatic N) is 1. The first kappa shape index (κ1) is 55.3. The normalized spacial score (nSPS) is 29.7. The fraction of sp³-hybridized carbons (Fsp3) is 0.593. The van der Waals surface area contributed by atoms with Gasteiger partial charge in [-0.05, 0) is 130 Å². The lowest BCUT2D eigenvalue weighted by Gasteiger charge is -2.59. The van der Waals surface area contributed by atoms with Crippen molar-refractivity contribution < 1.29 is 67.0 Å². The fourth-order valence-corrected chi connectivity index (χ4v) is 14.5. The summed E-state index contributed by atoms with van der Waals surface area (Å²) in [6.45, 7) is 6.11. The first-order chi connectivity index (χ1) is 36.1. The van der Waals surface area contributed by atoms with E-state index in [0.29, 0.717) is 24.1 Å². The zero-order valence-corrected chi connectivity index (χ0v) is 44.6. The number of unbranched alkanes of at least 4 members (excludes halogenated alkanes) is 4. The van der Waals surface area contributed by atoms with Gasteiger partial charge in [0.1, 0.15) is 11.3 Å². The highest BCUT2D eigenvalue weighted by molar-refractivity contribution is 7.46. The highest BCUT2D eigenvalue weighted by Gasteiger charge is 2.76. The second kappa shape index (κ2) is 24.1. The molecule has 10 atom stereocenters. The molecule has 16 heteroatoms. The molecule has 9 rings (SSSR count). The van der Waals surface area contributed by atoms with Crippen molar-refractivity contribution in [1.29, 1.82) is 0 Å². The van der Waals surface area contributed by atoms with Crippen molar-refractivity contribution in [1.82, 2.24) is 5.32 Å². The number of hydrogen-bond acceptors (Lipinski definition) is 12. The van der Waals surface area contributed by atoms with Crippen LogP contribution in [0.15, 0.2) is 96.9 Å². The van der Waals surface area contributed by atoms with Crippen molar-refractivity contribution in [2.45, 2.75) is 153 Å². The van der Waals surface area contributed by atoms with Gasteiger partial charge in [-0.15, -0.1) is 0 Å². The van der Waals surface area contributed by atoms with Gasteiger partial charge in [-0.2, -0.15) is 4.57 Å². The maximum atomic E-state index is 15.1. The summed E-state index contributed by atoms with van der Waals surface area (Å²) in [5.41, 5.74) is 0.609. The van der Waals surface area contributed by atoms with Crippen molar-refractivity contribution in [3.63, 3.8) is 0 Å². The number of nitrogens with one attached hydrogen (secondary N) is 1. The first-order valence-corrected chi connectivity index (χ1v) is 29.1. The van der Waals surface area contributed by atoms with E-state index in [-0.39, 0.29) is 60.3 Å². The quantitative estimate of drug-likeness (QED) is 0.0247. The van der Waals surface area contributed by atoms with Gasteiger partial charge in [-0.3, -0.25) is 19.4 Å². The molecule has 4 saturated carbocycles. The van der Waals surface area contributed by atoms with Crippen LogP contribution in [0.1, 0.15) is 143 Å². The maximum Gasteiger partial charge on any atom is 0.524 e. The molecule has 5 N–H and O–H groups in total. The third-order valence-electron chi connectivity index (χ3n) is 17.7. The van der Waals surface area contributed by atoms with Crippen LogP contribution >= 0.6 is 7.82 Å². The van der Waals surface area contributed by atoms with Gasteiger partial charge in [0.2, 0.25) is 5.78 Å². The number of ether oxygens (including phenoxy) is 4. The Morgan fingerprint density at radius 1 is 0.947 bits per heavy atom. The Labute approximate surface area is 441 Å². The second-order valence-electron chi connectivity index (χ2n) is 22.6. The second-order valence-corrected chi connectivity index (χ2v) is 23.8. The van der Waals surface area contributed by atoms with Crippen molar-refractivity contribution in [3.8, 4) is 5.75 Å². The number of rotatable bonds is 24. The van der Waals surface area contributed by atoms with E-state index in [1.54, 1.807) is 47.2 Å². The number of phosphoric acid groups is 1. The van der Waals surface area contributed by atoms with E-state index in [9.17, 15) is 34.2 Å². The highest BCUT2D eigenvalue weighted by atomic mass is 31.2. The van der Waals surface area contributed by atoms with Gasteiger partial charge >= 0.3 is 13.8 Å². The van der Waals surface area contributed by atoms with Gasteiger partial charge in [0.15, 0.2) is 43.2 Å². The molecule has 0 amide bonds. The van der Waals surface area contributed by atoms with E-state index in [1.807, 2.05) is 12.1 Å². The molecule has 6 aliphatic rings. The molecule has 0 spiro atoms. The minimum absolute atomic E-state index is 0.00591. The minimum atomic E-state index is -4.97. The summed E-state index contributed by atoms with van der Waals surface area (Å²) in [4.78, 5) is 61.0. The van der Waals surface area contributed by atoms with Crippen molar-refractivity contribution in [2.75, 3.05) is 32.9 Å². The molecule has 3 aromatic rings. The Kier molecular flexibility index (Phi) is 17.8. The number of aromatic nitrogens is 1. The summed E-state index contributed by atoms with van der Waals surface area (Å²) >= 11 is 0. The third-order valence-corrected chi connectivity index (χ3v) is 18.2. The lowest BCUT2D eigenvalue weighted by molar-refractivity contribution is -0.688. The zero-order valence-electron chi connectivity index (χ0n) is 43.7. The Morgan fingerprint density at radius 2 is 1.72 bits per heavy atom. The molecule has 5 aliphatic carbocycles. The van der Waals surface area contributed by atoms with Crippen LogP contribution in [0.3, 0.4) is 0 Å².